The van der Waals surface area contributed by atoms with Gasteiger partial charge < -0.3 is 14.4 Å². The second-order valence-corrected chi connectivity index (χ2v) is 5.89. The molecule has 1 aliphatic carbocycles. The molecule has 1 saturated carbocycles. The highest BCUT2D eigenvalue weighted by molar-refractivity contribution is 6.51. The van der Waals surface area contributed by atoms with Crippen LogP contribution >= 0.6 is 0 Å². The summed E-state index contributed by atoms with van der Waals surface area (Å²) in [5.41, 5.74) is 0.464. The van der Waals surface area contributed by atoms with Crippen LogP contribution in [0.2, 0.25) is 0 Å². The maximum Gasteiger partial charge on any atom is 0.487 e. The van der Waals surface area contributed by atoms with E-state index in [1.807, 2.05) is 33.7 Å². The average Bonchev–Trinajstić information content (AvgIpc) is 2.26. The van der Waals surface area contributed by atoms with Crippen molar-refractivity contribution in [3.63, 3.8) is 0 Å². The smallest absolute Gasteiger partial charge is 0.481 e. The monoisotopic (exact) mass is 238 g/mol. The molecule has 1 saturated heterocycles. The predicted octanol–water partition coefficient (Wildman–Crippen LogP) is 2.04. The van der Waals surface area contributed by atoms with Gasteiger partial charge in [0, 0.05) is 0 Å². The lowest BCUT2D eigenvalue weighted by Gasteiger charge is -2.32. The van der Waals surface area contributed by atoms with Crippen molar-refractivity contribution in [2.75, 3.05) is 0 Å². The normalized spacial score (nSPS) is 30.0. The molecule has 0 aromatic rings. The van der Waals surface area contributed by atoms with E-state index in [1.165, 1.54) is 0 Å². The molecule has 0 spiro atoms. The van der Waals surface area contributed by atoms with Gasteiger partial charge in [-0.1, -0.05) is 11.5 Å². The summed E-state index contributed by atoms with van der Waals surface area (Å²) in [6, 6.07) is 0. The first-order chi connectivity index (χ1) is 7.71. The van der Waals surface area contributed by atoms with E-state index in [0.717, 1.165) is 5.57 Å². The number of carboxylic acid groups (broad SMARTS) is 1. The third kappa shape index (κ3) is 2.26. The van der Waals surface area contributed by atoms with Crippen LogP contribution in [0.3, 0.4) is 0 Å². The molecule has 1 aliphatic heterocycles. The zero-order valence-corrected chi connectivity index (χ0v) is 10.8. The lowest BCUT2D eigenvalue weighted by atomic mass is 9.74. The Hall–Kier alpha value is -0.805. The Morgan fingerprint density at radius 2 is 1.76 bits per heavy atom. The summed E-state index contributed by atoms with van der Waals surface area (Å²) in [4.78, 5) is 10.7. The standard InChI is InChI=1S/C12H19BO4/c1-11(2)12(3,4)17-13(16-11)7-8-5-9(6-8)10(14)15/h7,9H,5-6H2,1-4H3,(H,14,15). The third-order valence-electron chi connectivity index (χ3n) is 4.01. The van der Waals surface area contributed by atoms with Crippen LogP contribution in [0.25, 0.3) is 0 Å². The van der Waals surface area contributed by atoms with Gasteiger partial charge in [-0.2, -0.15) is 0 Å². The molecule has 0 unspecified atom stereocenters. The molecule has 0 aromatic carbocycles. The van der Waals surface area contributed by atoms with E-state index in [-0.39, 0.29) is 24.2 Å². The minimum Gasteiger partial charge on any atom is -0.481 e. The zero-order chi connectivity index (χ0) is 12.8. The third-order valence-corrected chi connectivity index (χ3v) is 4.01. The molecule has 94 valence electrons. The Bertz CT molecular complexity index is 349. The first-order valence-electron chi connectivity index (χ1n) is 5.99. The summed E-state index contributed by atoms with van der Waals surface area (Å²) >= 11 is 0. The van der Waals surface area contributed by atoms with E-state index in [2.05, 4.69) is 0 Å². The molecule has 0 radical (unpaired) electrons. The molecule has 1 heterocycles. The van der Waals surface area contributed by atoms with Crippen LogP contribution in [0, 0.1) is 5.92 Å². The number of rotatable bonds is 2. The molecule has 4 nitrogen and oxygen atoms in total. The molecular formula is C12H19BO4. The van der Waals surface area contributed by atoms with Crippen LogP contribution in [-0.2, 0) is 14.1 Å². The summed E-state index contributed by atoms with van der Waals surface area (Å²) < 4.78 is 11.6. The lowest BCUT2D eigenvalue weighted by molar-refractivity contribution is -0.143. The molecular weight excluding hydrogens is 219 g/mol. The topological polar surface area (TPSA) is 55.8 Å². The summed E-state index contributed by atoms with van der Waals surface area (Å²) in [5.74, 6) is 0.996. The first kappa shape index (κ1) is 12.6. The molecule has 1 N–H and O–H groups in total. The Labute approximate surface area is 102 Å². The van der Waals surface area contributed by atoms with Gasteiger partial charge in [-0.3, -0.25) is 4.79 Å². The molecule has 0 atom stereocenters. The highest BCUT2D eigenvalue weighted by Gasteiger charge is 2.50. The number of hydrogen-bond acceptors (Lipinski definition) is 3. The quantitative estimate of drug-likeness (QED) is 0.748. The summed E-state index contributed by atoms with van der Waals surface area (Å²) in [5, 5.41) is 8.79. The number of allylic oxidation sites excluding steroid dienone is 1. The zero-order valence-electron chi connectivity index (χ0n) is 10.8. The van der Waals surface area contributed by atoms with Crippen LogP contribution in [0.15, 0.2) is 11.5 Å². The predicted molar refractivity (Wildman–Crippen MR) is 64.5 cm³/mol. The van der Waals surface area contributed by atoms with Crippen LogP contribution < -0.4 is 0 Å². The second kappa shape index (κ2) is 3.85. The van der Waals surface area contributed by atoms with Crippen molar-refractivity contribution < 1.29 is 19.2 Å². The van der Waals surface area contributed by atoms with Crippen LogP contribution in [0.1, 0.15) is 40.5 Å². The number of hydrogen-bond donors (Lipinski definition) is 1. The van der Waals surface area contributed by atoms with Gasteiger partial charge in [-0.15, -0.1) is 0 Å². The molecule has 0 aromatic heterocycles. The van der Waals surface area contributed by atoms with Crippen LogP contribution in [0.4, 0.5) is 0 Å². The number of carbonyl (C=O) groups is 1. The SMILES string of the molecule is CC1(C)OB(C=C2CC(C(=O)O)C2)OC1(C)C. The van der Waals surface area contributed by atoms with Crippen molar-refractivity contribution in [1.29, 1.82) is 0 Å². The van der Waals surface area contributed by atoms with Gasteiger partial charge >= 0.3 is 13.1 Å². The summed E-state index contributed by atoms with van der Waals surface area (Å²) in [7, 11) is -0.343. The maximum atomic E-state index is 10.7. The van der Waals surface area contributed by atoms with E-state index >= 15 is 0 Å². The van der Waals surface area contributed by atoms with E-state index in [0.29, 0.717) is 12.8 Å². The molecule has 0 bridgehead atoms. The fraction of sp³-hybridized carbons (Fsp3) is 0.750. The molecule has 2 aliphatic rings. The Balaban J connectivity index is 1.96. The minimum absolute atomic E-state index is 0.219. The Kier molecular flexibility index (Phi) is 2.87. The van der Waals surface area contributed by atoms with Crippen LogP contribution in [-0.4, -0.2) is 29.4 Å². The molecule has 2 fully saturated rings. The molecule has 0 amide bonds. The van der Waals surface area contributed by atoms with Gasteiger partial charge in [-0.05, 0) is 40.5 Å². The largest absolute Gasteiger partial charge is 0.487 e. The van der Waals surface area contributed by atoms with Gasteiger partial charge in [-0.25, -0.2) is 0 Å². The van der Waals surface area contributed by atoms with Crippen LogP contribution in [0.5, 0.6) is 0 Å². The van der Waals surface area contributed by atoms with Gasteiger partial charge in [0.1, 0.15) is 0 Å². The fourth-order valence-electron chi connectivity index (χ4n) is 2.03. The van der Waals surface area contributed by atoms with Crippen molar-refractivity contribution in [3.8, 4) is 0 Å². The van der Waals surface area contributed by atoms with Crippen molar-refractivity contribution >= 4 is 13.1 Å². The van der Waals surface area contributed by atoms with Gasteiger partial charge in [0.2, 0.25) is 0 Å². The van der Waals surface area contributed by atoms with Crippen molar-refractivity contribution in [2.24, 2.45) is 5.92 Å². The average molecular weight is 238 g/mol. The van der Waals surface area contributed by atoms with Gasteiger partial charge in [0.25, 0.3) is 0 Å². The molecule has 2 rings (SSSR count). The minimum atomic E-state index is -0.712. The first-order valence-corrected chi connectivity index (χ1v) is 5.99. The Morgan fingerprint density at radius 1 is 1.29 bits per heavy atom. The highest BCUT2D eigenvalue weighted by atomic mass is 16.7. The highest BCUT2D eigenvalue weighted by Crippen LogP contribution is 2.39. The lowest BCUT2D eigenvalue weighted by Crippen LogP contribution is -2.41. The molecule has 5 heteroatoms. The van der Waals surface area contributed by atoms with Crippen molar-refractivity contribution in [2.45, 2.75) is 51.7 Å². The van der Waals surface area contributed by atoms with Crippen molar-refractivity contribution in [3.05, 3.63) is 11.5 Å². The maximum absolute atomic E-state index is 10.7. The van der Waals surface area contributed by atoms with E-state index in [1.54, 1.807) is 0 Å². The van der Waals surface area contributed by atoms with Gasteiger partial charge in [0.15, 0.2) is 0 Å². The number of aliphatic carboxylic acids is 1. The molecule has 17 heavy (non-hydrogen) atoms. The van der Waals surface area contributed by atoms with E-state index < -0.39 is 5.97 Å². The summed E-state index contributed by atoms with van der Waals surface area (Å²) in [6.45, 7) is 8.03. The van der Waals surface area contributed by atoms with E-state index in [9.17, 15) is 4.79 Å². The fourth-order valence-corrected chi connectivity index (χ4v) is 2.03. The summed E-state index contributed by atoms with van der Waals surface area (Å²) in [6.07, 6.45) is 1.25. The van der Waals surface area contributed by atoms with Crippen molar-refractivity contribution in [1.82, 2.24) is 0 Å². The second-order valence-electron chi connectivity index (χ2n) is 5.89. The van der Waals surface area contributed by atoms with E-state index in [4.69, 9.17) is 14.4 Å². The van der Waals surface area contributed by atoms with Gasteiger partial charge in [0.05, 0.1) is 17.1 Å². The number of carboxylic acids is 1. The Morgan fingerprint density at radius 3 is 2.18 bits per heavy atom.